The first kappa shape index (κ1) is 39.0. The molecule has 5 aromatic carbocycles. The van der Waals surface area contributed by atoms with Crippen molar-refractivity contribution in [1.29, 1.82) is 0 Å². The number of nitrogens with one attached hydrogen (secondary N) is 3. The summed E-state index contributed by atoms with van der Waals surface area (Å²) in [6.45, 7) is 5.22. The molecule has 3 N–H and O–H groups in total. The molecule has 278 valence electrons. The lowest BCUT2D eigenvalue weighted by Gasteiger charge is -2.37. The van der Waals surface area contributed by atoms with Crippen LogP contribution < -0.4 is 16.0 Å². The number of hydrogen-bond acceptors (Lipinski definition) is 6. The van der Waals surface area contributed by atoms with E-state index in [4.69, 9.17) is 9.47 Å². The molecule has 0 aromatic heterocycles. The number of carbonyl (C=O) groups excluding carboxylic acids is 4. The third kappa shape index (κ3) is 10.9. The van der Waals surface area contributed by atoms with Gasteiger partial charge in [-0.25, -0.2) is 9.59 Å². The van der Waals surface area contributed by atoms with Gasteiger partial charge in [0, 0.05) is 12.8 Å². The van der Waals surface area contributed by atoms with Gasteiger partial charge in [-0.15, -0.1) is 0 Å². The molecule has 5 aromatic rings. The predicted molar refractivity (Wildman–Crippen MR) is 208 cm³/mol. The van der Waals surface area contributed by atoms with Crippen LogP contribution in [0.4, 0.5) is 4.79 Å². The van der Waals surface area contributed by atoms with Crippen LogP contribution in [0.1, 0.15) is 61.4 Å². The Hall–Kier alpha value is -6.22. The second-order valence-electron chi connectivity index (χ2n) is 14.0. The molecule has 3 amide bonds. The van der Waals surface area contributed by atoms with Gasteiger partial charge in [0.05, 0.1) is 0 Å². The number of alkyl carbamates (subject to hydrolysis) is 1. The van der Waals surface area contributed by atoms with Gasteiger partial charge in [-0.05, 0) is 55.0 Å². The molecule has 0 aliphatic heterocycles. The summed E-state index contributed by atoms with van der Waals surface area (Å²) >= 11 is 0. The zero-order valence-electron chi connectivity index (χ0n) is 30.9. The van der Waals surface area contributed by atoms with Crippen molar-refractivity contribution in [2.24, 2.45) is 0 Å². The number of esters is 1. The predicted octanol–water partition coefficient (Wildman–Crippen LogP) is 7.24. The summed E-state index contributed by atoms with van der Waals surface area (Å²) in [5.74, 6) is -1.65. The molecule has 0 heterocycles. The summed E-state index contributed by atoms with van der Waals surface area (Å²) < 4.78 is 11.1. The fraction of sp³-hybridized carbons (Fsp3) is 0.244. The minimum Gasteiger partial charge on any atom is -0.458 e. The molecule has 5 rings (SSSR count). The number of hydrogen-bond donors (Lipinski definition) is 3. The highest BCUT2D eigenvalue weighted by molar-refractivity contribution is 5.90. The molecule has 0 aliphatic carbocycles. The maximum atomic E-state index is 14.2. The summed E-state index contributed by atoms with van der Waals surface area (Å²) in [6, 6.07) is 45.1. The molecule has 54 heavy (non-hydrogen) atoms. The number of amides is 3. The van der Waals surface area contributed by atoms with Gasteiger partial charge in [0.25, 0.3) is 0 Å². The molecule has 0 radical (unpaired) electrons. The molecule has 0 spiro atoms. The maximum Gasteiger partial charge on any atom is 0.408 e. The van der Waals surface area contributed by atoms with E-state index in [0.717, 1.165) is 27.8 Å². The van der Waals surface area contributed by atoms with Gasteiger partial charge in [0.15, 0.2) is 0 Å². The van der Waals surface area contributed by atoms with Crippen molar-refractivity contribution in [2.75, 3.05) is 0 Å². The van der Waals surface area contributed by atoms with Gasteiger partial charge < -0.3 is 25.4 Å². The molecular formula is C45H47N3O6. The van der Waals surface area contributed by atoms with E-state index in [2.05, 4.69) is 16.0 Å². The highest BCUT2D eigenvalue weighted by Crippen LogP contribution is 2.37. The molecule has 0 saturated carbocycles. The van der Waals surface area contributed by atoms with Gasteiger partial charge in [0.2, 0.25) is 11.8 Å². The summed E-state index contributed by atoms with van der Waals surface area (Å²) in [4.78, 5) is 54.8. The van der Waals surface area contributed by atoms with E-state index >= 15 is 0 Å². The Labute approximate surface area is 317 Å². The normalized spacial score (nSPS) is 12.4. The van der Waals surface area contributed by atoms with Crippen molar-refractivity contribution in [3.05, 3.63) is 179 Å². The largest absolute Gasteiger partial charge is 0.458 e. The number of carbonyl (C=O) groups is 4. The quantitative estimate of drug-likeness (QED) is 0.0773. The van der Waals surface area contributed by atoms with Crippen LogP contribution in [0.15, 0.2) is 152 Å². The SMILES string of the molecule is CC(C)(C)OC(=O)[C@H](Cc1ccccc1)NC(=O)[C@H](CCC(=O)NC(c1ccccc1)(c1ccccc1)c1ccccc1)NC(=O)OCc1ccccc1. The lowest BCUT2D eigenvalue weighted by Crippen LogP contribution is -2.54. The van der Waals surface area contributed by atoms with Crippen LogP contribution in [0.3, 0.4) is 0 Å². The molecule has 0 bridgehead atoms. The minimum absolute atomic E-state index is 0.0240. The molecule has 0 unspecified atom stereocenters. The molecule has 0 saturated heterocycles. The van der Waals surface area contributed by atoms with Gasteiger partial charge in [-0.1, -0.05) is 152 Å². The first-order chi connectivity index (χ1) is 26.0. The van der Waals surface area contributed by atoms with Gasteiger partial charge in [0.1, 0.15) is 29.8 Å². The highest BCUT2D eigenvalue weighted by atomic mass is 16.6. The Morgan fingerprint density at radius 2 is 1.02 bits per heavy atom. The van der Waals surface area contributed by atoms with E-state index < -0.39 is 41.2 Å². The van der Waals surface area contributed by atoms with Crippen LogP contribution in [0.2, 0.25) is 0 Å². The second-order valence-corrected chi connectivity index (χ2v) is 14.0. The highest BCUT2D eigenvalue weighted by Gasteiger charge is 2.38. The standard InChI is InChI=1S/C45H47N3O6/c1-44(2,3)54-42(51)39(31-33-19-9-4-10-20-33)46-41(50)38(47-43(52)53-32-34-21-11-5-12-22-34)29-30-40(49)48-45(35-23-13-6-14-24-35,36-25-15-7-16-26-36)37-27-17-8-18-28-37/h4-28,38-39H,29-32H2,1-3H3,(H,46,50)(H,47,52)(H,48,49)/t38-,39-/m0/s1. The van der Waals surface area contributed by atoms with Gasteiger partial charge >= 0.3 is 12.1 Å². The lowest BCUT2D eigenvalue weighted by atomic mass is 9.77. The van der Waals surface area contributed by atoms with Crippen molar-refractivity contribution in [1.82, 2.24) is 16.0 Å². The van der Waals surface area contributed by atoms with Crippen molar-refractivity contribution in [2.45, 2.75) is 69.9 Å². The molecule has 9 nitrogen and oxygen atoms in total. The first-order valence-corrected chi connectivity index (χ1v) is 18.1. The fourth-order valence-corrected chi connectivity index (χ4v) is 6.19. The summed E-state index contributed by atoms with van der Waals surface area (Å²) in [7, 11) is 0. The summed E-state index contributed by atoms with van der Waals surface area (Å²) in [5.41, 5.74) is 2.21. The van der Waals surface area contributed by atoms with Crippen molar-refractivity contribution < 1.29 is 28.7 Å². The molecule has 2 atom stereocenters. The average Bonchev–Trinajstić information content (AvgIpc) is 3.18. The van der Waals surface area contributed by atoms with Crippen LogP contribution in [0.25, 0.3) is 0 Å². The van der Waals surface area contributed by atoms with Crippen LogP contribution in [-0.4, -0.2) is 41.6 Å². The van der Waals surface area contributed by atoms with E-state index in [0.29, 0.717) is 0 Å². The third-order valence-corrected chi connectivity index (χ3v) is 8.72. The van der Waals surface area contributed by atoms with E-state index in [1.54, 1.807) is 20.8 Å². The van der Waals surface area contributed by atoms with Gasteiger partial charge in [-0.3, -0.25) is 9.59 Å². The zero-order chi connectivity index (χ0) is 38.4. The minimum atomic E-state index is -1.24. The zero-order valence-corrected chi connectivity index (χ0v) is 30.9. The molecule has 0 aliphatic rings. The van der Waals surface area contributed by atoms with Crippen LogP contribution >= 0.6 is 0 Å². The van der Waals surface area contributed by atoms with E-state index in [9.17, 15) is 19.2 Å². The number of ether oxygens (including phenoxy) is 2. The number of benzene rings is 5. The third-order valence-electron chi connectivity index (χ3n) is 8.72. The summed E-state index contributed by atoms with van der Waals surface area (Å²) in [6.07, 6.45) is -0.940. The number of rotatable bonds is 15. The van der Waals surface area contributed by atoms with Crippen LogP contribution in [0.5, 0.6) is 0 Å². The lowest BCUT2D eigenvalue weighted by molar-refractivity contribution is -0.158. The van der Waals surface area contributed by atoms with E-state index in [-0.39, 0.29) is 31.8 Å². The Morgan fingerprint density at radius 1 is 0.574 bits per heavy atom. The molecule has 0 fully saturated rings. The average molecular weight is 726 g/mol. The first-order valence-electron chi connectivity index (χ1n) is 18.1. The molecule has 9 heteroatoms. The second kappa shape index (κ2) is 18.5. The fourth-order valence-electron chi connectivity index (χ4n) is 6.19. The Morgan fingerprint density at radius 3 is 1.48 bits per heavy atom. The van der Waals surface area contributed by atoms with Crippen LogP contribution in [0, 0.1) is 0 Å². The van der Waals surface area contributed by atoms with Gasteiger partial charge in [-0.2, -0.15) is 0 Å². The molecular weight excluding hydrogens is 679 g/mol. The monoisotopic (exact) mass is 725 g/mol. The van der Waals surface area contributed by atoms with Crippen molar-refractivity contribution in [3.63, 3.8) is 0 Å². The maximum absolute atomic E-state index is 14.2. The Balaban J connectivity index is 1.41. The Kier molecular flexibility index (Phi) is 13.4. The van der Waals surface area contributed by atoms with Crippen LogP contribution in [-0.2, 0) is 42.4 Å². The smallest absolute Gasteiger partial charge is 0.408 e. The van der Waals surface area contributed by atoms with E-state index in [1.807, 2.05) is 152 Å². The van der Waals surface area contributed by atoms with E-state index in [1.165, 1.54) is 0 Å². The Bertz CT molecular complexity index is 1850. The van der Waals surface area contributed by atoms with Crippen molar-refractivity contribution >= 4 is 23.9 Å². The topological polar surface area (TPSA) is 123 Å². The summed E-state index contributed by atoms with van der Waals surface area (Å²) in [5, 5.41) is 8.75. The van der Waals surface area contributed by atoms with Crippen molar-refractivity contribution in [3.8, 4) is 0 Å².